The van der Waals surface area contributed by atoms with Crippen molar-refractivity contribution in [3.63, 3.8) is 0 Å². The van der Waals surface area contributed by atoms with E-state index >= 15 is 0 Å². The molecule has 1 amide bonds. The second-order valence-electron chi connectivity index (χ2n) is 9.24. The number of carbonyl (C=O) groups is 1. The van der Waals surface area contributed by atoms with Gasteiger partial charge in [0.15, 0.2) is 0 Å². The van der Waals surface area contributed by atoms with Gasteiger partial charge in [0.1, 0.15) is 0 Å². The van der Waals surface area contributed by atoms with Crippen molar-refractivity contribution in [2.45, 2.75) is 52.5 Å². The molecule has 1 aliphatic rings. The Kier molecular flexibility index (Phi) is 6.80. The fraction of sp³-hybridized carbons (Fsp3) is 0.462. The minimum atomic E-state index is -0.194. The number of hydrogen-bond acceptors (Lipinski definition) is 4. The molecular formula is C26H34N4O2. The Hall–Kier alpha value is -2.86. The first-order valence-electron chi connectivity index (χ1n) is 11.8. The average molecular weight is 435 g/mol. The number of nitrogens with one attached hydrogen (secondary N) is 2. The lowest BCUT2D eigenvalue weighted by Gasteiger charge is -2.33. The number of carbonyl (C=O) groups excluding carboxylic acids is 1. The summed E-state index contributed by atoms with van der Waals surface area (Å²) in [7, 11) is 0. The minimum Gasteiger partial charge on any atom is -0.395 e. The number of benzene rings is 2. The SMILES string of the molecule is CCc1ccc(Nc2nc3cc(C(=O)NCCO)ccc3n2C2CC(C)CC(C)C2)cc1. The van der Waals surface area contributed by atoms with Crippen molar-refractivity contribution in [2.75, 3.05) is 18.5 Å². The highest BCUT2D eigenvalue weighted by molar-refractivity contribution is 5.97. The highest BCUT2D eigenvalue weighted by Gasteiger charge is 2.28. The van der Waals surface area contributed by atoms with Crippen LogP contribution in [0.5, 0.6) is 0 Å². The Morgan fingerprint density at radius 3 is 2.47 bits per heavy atom. The number of imidazole rings is 1. The maximum atomic E-state index is 12.4. The Bertz CT molecular complexity index is 1060. The standard InChI is InChI=1S/C26H34N4O2/c1-4-19-5-8-21(9-6-19)28-26-29-23-16-20(25(32)27-11-12-31)7-10-24(23)30(26)22-14-17(2)13-18(3)15-22/h5-10,16-18,22,31H,4,11-15H2,1-3H3,(H,27,32)(H,28,29). The van der Waals surface area contributed by atoms with E-state index in [1.807, 2.05) is 18.2 Å². The van der Waals surface area contributed by atoms with Crippen LogP contribution in [0.25, 0.3) is 11.0 Å². The molecule has 1 aromatic heterocycles. The van der Waals surface area contributed by atoms with E-state index in [9.17, 15) is 4.79 Å². The Balaban J connectivity index is 1.73. The minimum absolute atomic E-state index is 0.0778. The van der Waals surface area contributed by atoms with E-state index in [4.69, 9.17) is 10.1 Å². The van der Waals surface area contributed by atoms with E-state index in [1.165, 1.54) is 12.0 Å². The van der Waals surface area contributed by atoms with Gasteiger partial charge in [0.2, 0.25) is 5.95 Å². The number of amides is 1. The number of aliphatic hydroxyl groups excluding tert-OH is 1. The summed E-state index contributed by atoms with van der Waals surface area (Å²) >= 11 is 0. The van der Waals surface area contributed by atoms with Gasteiger partial charge in [-0.1, -0.05) is 32.9 Å². The highest BCUT2D eigenvalue weighted by atomic mass is 16.3. The summed E-state index contributed by atoms with van der Waals surface area (Å²) < 4.78 is 2.34. The number of nitrogens with zero attached hydrogens (tertiary/aromatic N) is 2. The molecule has 3 aromatic rings. The molecule has 1 aliphatic carbocycles. The molecule has 0 spiro atoms. The highest BCUT2D eigenvalue weighted by Crippen LogP contribution is 2.40. The Labute approximate surface area is 190 Å². The van der Waals surface area contributed by atoms with Gasteiger partial charge in [0, 0.05) is 23.8 Å². The van der Waals surface area contributed by atoms with Gasteiger partial charge in [-0.15, -0.1) is 0 Å². The van der Waals surface area contributed by atoms with Crippen molar-refractivity contribution in [3.05, 3.63) is 53.6 Å². The molecule has 1 heterocycles. The number of anilines is 2. The predicted molar refractivity (Wildman–Crippen MR) is 129 cm³/mol. The first-order chi connectivity index (χ1) is 15.5. The number of fused-ring (bicyclic) bond motifs is 1. The second-order valence-corrected chi connectivity index (χ2v) is 9.24. The van der Waals surface area contributed by atoms with Crippen molar-refractivity contribution in [1.29, 1.82) is 0 Å². The van der Waals surface area contributed by atoms with Gasteiger partial charge in [0.05, 0.1) is 17.6 Å². The van der Waals surface area contributed by atoms with Crippen molar-refractivity contribution in [3.8, 4) is 0 Å². The van der Waals surface area contributed by atoms with Crippen LogP contribution in [0.1, 0.15) is 62.0 Å². The average Bonchev–Trinajstić information content (AvgIpc) is 3.14. The smallest absolute Gasteiger partial charge is 0.251 e. The summed E-state index contributed by atoms with van der Waals surface area (Å²) in [6, 6.07) is 14.6. The second kappa shape index (κ2) is 9.74. The van der Waals surface area contributed by atoms with Crippen LogP contribution in [-0.2, 0) is 6.42 Å². The quantitative estimate of drug-likeness (QED) is 0.486. The largest absolute Gasteiger partial charge is 0.395 e. The Morgan fingerprint density at radius 1 is 1.09 bits per heavy atom. The van der Waals surface area contributed by atoms with Crippen LogP contribution < -0.4 is 10.6 Å². The maximum absolute atomic E-state index is 12.4. The normalized spacial score (nSPS) is 20.9. The van der Waals surface area contributed by atoms with Gasteiger partial charge in [-0.2, -0.15) is 0 Å². The van der Waals surface area contributed by atoms with Crippen LogP contribution in [0.4, 0.5) is 11.6 Å². The summed E-state index contributed by atoms with van der Waals surface area (Å²) in [5, 5.41) is 15.3. The van der Waals surface area contributed by atoms with Gasteiger partial charge < -0.3 is 20.3 Å². The molecule has 170 valence electrons. The van der Waals surface area contributed by atoms with E-state index in [2.05, 4.69) is 60.2 Å². The van der Waals surface area contributed by atoms with Crippen molar-refractivity contribution in [2.24, 2.45) is 11.8 Å². The summed E-state index contributed by atoms with van der Waals surface area (Å²) in [5.74, 6) is 1.96. The van der Waals surface area contributed by atoms with Crippen LogP contribution in [0.2, 0.25) is 0 Å². The third-order valence-corrected chi connectivity index (χ3v) is 6.49. The molecule has 1 saturated carbocycles. The molecule has 2 unspecified atom stereocenters. The molecular weight excluding hydrogens is 400 g/mol. The van der Waals surface area contributed by atoms with E-state index in [1.54, 1.807) is 0 Å². The van der Waals surface area contributed by atoms with Gasteiger partial charge in [-0.05, 0) is 73.4 Å². The molecule has 1 fully saturated rings. The summed E-state index contributed by atoms with van der Waals surface area (Å²) in [4.78, 5) is 17.3. The molecule has 0 aliphatic heterocycles. The fourth-order valence-corrected chi connectivity index (χ4v) is 5.04. The first-order valence-corrected chi connectivity index (χ1v) is 11.8. The number of aromatic nitrogens is 2. The van der Waals surface area contributed by atoms with Crippen LogP contribution in [0, 0.1) is 11.8 Å². The zero-order chi connectivity index (χ0) is 22.7. The molecule has 6 heteroatoms. The zero-order valence-electron chi connectivity index (χ0n) is 19.3. The molecule has 0 bridgehead atoms. The molecule has 32 heavy (non-hydrogen) atoms. The van der Waals surface area contributed by atoms with Crippen molar-refractivity contribution < 1.29 is 9.90 Å². The van der Waals surface area contributed by atoms with E-state index in [-0.39, 0.29) is 19.1 Å². The summed E-state index contributed by atoms with van der Waals surface area (Å²) in [5.41, 5.74) is 4.72. The van der Waals surface area contributed by atoms with Gasteiger partial charge in [0.25, 0.3) is 5.91 Å². The third kappa shape index (κ3) is 4.80. The first kappa shape index (κ1) is 22.3. The van der Waals surface area contributed by atoms with Crippen molar-refractivity contribution >= 4 is 28.6 Å². The summed E-state index contributed by atoms with van der Waals surface area (Å²) in [6.45, 7) is 6.99. The number of rotatable bonds is 7. The molecule has 4 rings (SSSR count). The molecule has 2 aromatic carbocycles. The van der Waals surface area contributed by atoms with E-state index in [0.29, 0.717) is 23.4 Å². The van der Waals surface area contributed by atoms with E-state index in [0.717, 1.165) is 41.9 Å². The van der Waals surface area contributed by atoms with Gasteiger partial charge >= 0.3 is 0 Å². The van der Waals surface area contributed by atoms with Gasteiger partial charge in [-0.25, -0.2) is 4.98 Å². The maximum Gasteiger partial charge on any atom is 0.251 e. The number of hydrogen-bond donors (Lipinski definition) is 3. The molecule has 2 atom stereocenters. The number of aliphatic hydroxyl groups is 1. The summed E-state index contributed by atoms with van der Waals surface area (Å²) in [6.07, 6.45) is 4.52. The monoisotopic (exact) mass is 434 g/mol. The third-order valence-electron chi connectivity index (χ3n) is 6.49. The number of aryl methyl sites for hydroxylation is 1. The van der Waals surface area contributed by atoms with Gasteiger partial charge in [-0.3, -0.25) is 4.79 Å². The lowest BCUT2D eigenvalue weighted by molar-refractivity contribution is 0.0945. The van der Waals surface area contributed by atoms with Crippen LogP contribution in [0.3, 0.4) is 0 Å². The van der Waals surface area contributed by atoms with Crippen LogP contribution in [0.15, 0.2) is 42.5 Å². The van der Waals surface area contributed by atoms with Crippen molar-refractivity contribution in [1.82, 2.24) is 14.9 Å². The van der Waals surface area contributed by atoms with E-state index < -0.39 is 0 Å². The lowest BCUT2D eigenvalue weighted by atomic mass is 9.80. The molecule has 0 radical (unpaired) electrons. The zero-order valence-corrected chi connectivity index (χ0v) is 19.3. The molecule has 0 saturated heterocycles. The fourth-order valence-electron chi connectivity index (χ4n) is 5.04. The lowest BCUT2D eigenvalue weighted by Crippen LogP contribution is -2.26. The Morgan fingerprint density at radius 2 is 1.81 bits per heavy atom. The molecule has 6 nitrogen and oxygen atoms in total. The molecule has 3 N–H and O–H groups in total. The van der Waals surface area contributed by atoms with Crippen LogP contribution >= 0.6 is 0 Å². The predicted octanol–water partition coefficient (Wildman–Crippen LogP) is 5.06. The van der Waals surface area contributed by atoms with Crippen LogP contribution in [-0.4, -0.2) is 33.7 Å². The topological polar surface area (TPSA) is 79.2 Å².